The predicted molar refractivity (Wildman–Crippen MR) is 89.6 cm³/mol. The molecule has 2 unspecified atom stereocenters. The van der Waals surface area contributed by atoms with Crippen LogP contribution in [0, 0.1) is 0 Å². The molecule has 0 bridgehead atoms. The van der Waals surface area contributed by atoms with E-state index in [2.05, 4.69) is 11.4 Å². The molecule has 2 atom stereocenters. The van der Waals surface area contributed by atoms with Crippen LogP contribution in [0.2, 0.25) is 0 Å². The van der Waals surface area contributed by atoms with E-state index < -0.39 is 14.1 Å². The normalized spacial score (nSPS) is 15.6. The molecule has 0 aromatic carbocycles. The Bertz CT molecular complexity index is 286. The maximum atomic E-state index is 11.5. The van der Waals surface area contributed by atoms with Gasteiger partial charge in [0.1, 0.15) is 0 Å². The number of aliphatic hydroxyl groups excluding tert-OH is 1. The van der Waals surface area contributed by atoms with Gasteiger partial charge >= 0.3 is 7.82 Å². The summed E-state index contributed by atoms with van der Waals surface area (Å²) in [6.45, 7) is 4.28. The Morgan fingerprint density at radius 1 is 0.864 bits per heavy atom. The molecule has 0 rings (SSSR count). The van der Waals surface area contributed by atoms with Crippen LogP contribution in [-0.4, -0.2) is 22.9 Å². The molecule has 0 amide bonds. The molecule has 0 radical (unpaired) electrons. The van der Waals surface area contributed by atoms with E-state index in [-0.39, 0.29) is 6.61 Å². The van der Waals surface area contributed by atoms with Crippen molar-refractivity contribution in [2.75, 3.05) is 6.61 Å². The molecule has 2 N–H and O–H groups in total. The van der Waals surface area contributed by atoms with Crippen molar-refractivity contribution < 1.29 is 23.6 Å². The van der Waals surface area contributed by atoms with Crippen molar-refractivity contribution >= 4 is 7.82 Å². The highest BCUT2D eigenvalue weighted by atomic mass is 31.2. The third kappa shape index (κ3) is 15.0. The third-order valence-electron chi connectivity index (χ3n) is 3.54. The number of unbranched alkanes of at least 4 members (excludes halogenated alkanes) is 9. The first-order valence-electron chi connectivity index (χ1n) is 8.85. The summed E-state index contributed by atoms with van der Waals surface area (Å²) in [5.41, 5.74) is 0. The highest BCUT2D eigenvalue weighted by molar-refractivity contribution is 7.47. The quantitative estimate of drug-likeness (QED) is 0.231. The monoisotopic (exact) mass is 338 g/mol. The zero-order valence-corrected chi connectivity index (χ0v) is 15.2. The van der Waals surface area contributed by atoms with Crippen LogP contribution < -0.4 is 0 Å². The fraction of sp³-hybridized carbons (Fsp3) is 1.00. The van der Waals surface area contributed by atoms with Gasteiger partial charge in [-0.1, -0.05) is 78.1 Å². The molecule has 0 heterocycles. The molecular formula is C16H35O5P. The van der Waals surface area contributed by atoms with E-state index in [1.54, 1.807) is 0 Å². The lowest BCUT2D eigenvalue weighted by molar-refractivity contribution is -0.0472. The van der Waals surface area contributed by atoms with E-state index in [0.717, 1.165) is 19.3 Å². The van der Waals surface area contributed by atoms with E-state index >= 15 is 0 Å². The minimum atomic E-state index is -4.11. The van der Waals surface area contributed by atoms with Gasteiger partial charge in [0.25, 0.3) is 0 Å². The van der Waals surface area contributed by atoms with Crippen molar-refractivity contribution in [3.8, 4) is 0 Å². The van der Waals surface area contributed by atoms with Crippen LogP contribution in [0.4, 0.5) is 0 Å². The lowest BCUT2D eigenvalue weighted by atomic mass is 10.1. The molecule has 0 aliphatic rings. The van der Waals surface area contributed by atoms with E-state index in [1.807, 2.05) is 6.92 Å². The molecule has 6 heteroatoms. The largest absolute Gasteiger partial charge is 0.474 e. The Hall–Kier alpha value is 0.0700. The summed E-state index contributed by atoms with van der Waals surface area (Å²) in [5.74, 6) is 0. The Balaban J connectivity index is 3.39. The molecule has 0 aromatic rings. The molecule has 0 spiro atoms. The second-order valence-electron chi connectivity index (χ2n) is 5.83. The molecule has 0 fully saturated rings. The van der Waals surface area contributed by atoms with Crippen LogP contribution in [0.15, 0.2) is 0 Å². The topological polar surface area (TPSA) is 76.0 Å². The van der Waals surface area contributed by atoms with Gasteiger partial charge in [0.05, 0.1) is 6.61 Å². The average molecular weight is 338 g/mol. The summed E-state index contributed by atoms with van der Waals surface area (Å²) >= 11 is 0. The lowest BCUT2D eigenvalue weighted by Crippen LogP contribution is -2.11. The maximum Gasteiger partial charge on any atom is 0.474 e. The maximum absolute atomic E-state index is 11.5. The molecule has 0 saturated carbocycles. The smallest absolute Gasteiger partial charge is 0.367 e. The molecule has 0 aromatic heterocycles. The molecule has 0 aliphatic heterocycles. The second-order valence-corrected chi connectivity index (χ2v) is 7.24. The predicted octanol–water partition coefficient (Wildman–Crippen LogP) is 5.16. The van der Waals surface area contributed by atoms with E-state index in [1.165, 1.54) is 44.9 Å². The van der Waals surface area contributed by atoms with Gasteiger partial charge < -0.3 is 10.00 Å². The van der Waals surface area contributed by atoms with Crippen LogP contribution in [0.5, 0.6) is 0 Å². The van der Waals surface area contributed by atoms with E-state index in [9.17, 15) is 14.6 Å². The Morgan fingerprint density at radius 3 is 1.86 bits per heavy atom. The SMILES string of the molecule is CCCCCCCCCCCCOP(=O)(O)OC(O)CCC. The highest BCUT2D eigenvalue weighted by Crippen LogP contribution is 2.44. The molecular weight excluding hydrogens is 303 g/mol. The highest BCUT2D eigenvalue weighted by Gasteiger charge is 2.24. The van der Waals surface area contributed by atoms with Crippen LogP contribution in [0.25, 0.3) is 0 Å². The van der Waals surface area contributed by atoms with Gasteiger partial charge in [-0.15, -0.1) is 0 Å². The number of aliphatic hydroxyl groups is 1. The van der Waals surface area contributed by atoms with Gasteiger partial charge in [-0.05, 0) is 12.8 Å². The van der Waals surface area contributed by atoms with E-state index in [0.29, 0.717) is 12.8 Å². The van der Waals surface area contributed by atoms with Crippen molar-refractivity contribution in [2.45, 2.75) is 97.2 Å². The average Bonchev–Trinajstić information content (AvgIpc) is 2.44. The summed E-state index contributed by atoms with van der Waals surface area (Å²) in [6.07, 6.45) is 11.8. The number of rotatable bonds is 16. The van der Waals surface area contributed by atoms with Crippen molar-refractivity contribution in [1.82, 2.24) is 0 Å². The van der Waals surface area contributed by atoms with Crippen LogP contribution >= 0.6 is 7.82 Å². The van der Waals surface area contributed by atoms with Gasteiger partial charge in [0.2, 0.25) is 0 Å². The number of hydrogen-bond acceptors (Lipinski definition) is 4. The first kappa shape index (κ1) is 22.1. The molecule has 5 nitrogen and oxygen atoms in total. The number of phosphoric ester groups is 1. The minimum Gasteiger partial charge on any atom is -0.367 e. The van der Waals surface area contributed by atoms with Crippen LogP contribution in [0.3, 0.4) is 0 Å². The zero-order valence-electron chi connectivity index (χ0n) is 14.3. The summed E-state index contributed by atoms with van der Waals surface area (Å²) in [5, 5.41) is 9.33. The number of phosphoric acid groups is 1. The first-order valence-corrected chi connectivity index (χ1v) is 10.3. The Kier molecular flexibility index (Phi) is 14.7. The van der Waals surface area contributed by atoms with Gasteiger partial charge in [-0.3, -0.25) is 9.05 Å². The number of hydrogen-bond donors (Lipinski definition) is 2. The fourth-order valence-electron chi connectivity index (χ4n) is 2.25. The molecule has 134 valence electrons. The van der Waals surface area contributed by atoms with Crippen LogP contribution in [-0.2, 0) is 13.6 Å². The first-order chi connectivity index (χ1) is 10.5. The van der Waals surface area contributed by atoms with Gasteiger partial charge in [-0.2, -0.15) is 0 Å². The van der Waals surface area contributed by atoms with Crippen molar-refractivity contribution in [3.05, 3.63) is 0 Å². The minimum absolute atomic E-state index is 0.198. The second kappa shape index (κ2) is 14.6. The Morgan fingerprint density at radius 2 is 1.36 bits per heavy atom. The fourth-order valence-corrected chi connectivity index (χ4v) is 3.09. The van der Waals surface area contributed by atoms with Crippen LogP contribution in [0.1, 0.15) is 90.9 Å². The van der Waals surface area contributed by atoms with Gasteiger partial charge in [0.15, 0.2) is 6.29 Å². The van der Waals surface area contributed by atoms with Crippen molar-refractivity contribution in [3.63, 3.8) is 0 Å². The molecule has 0 aliphatic carbocycles. The van der Waals surface area contributed by atoms with Crippen molar-refractivity contribution in [2.24, 2.45) is 0 Å². The molecule has 22 heavy (non-hydrogen) atoms. The summed E-state index contributed by atoms with van der Waals surface area (Å²) in [4.78, 5) is 9.41. The zero-order chi connectivity index (χ0) is 16.7. The summed E-state index contributed by atoms with van der Waals surface area (Å²) in [6, 6.07) is 0. The third-order valence-corrected chi connectivity index (χ3v) is 4.56. The van der Waals surface area contributed by atoms with E-state index in [4.69, 9.17) is 4.52 Å². The summed E-state index contributed by atoms with van der Waals surface area (Å²) in [7, 11) is -4.11. The van der Waals surface area contributed by atoms with Gasteiger partial charge in [0, 0.05) is 0 Å². The standard InChI is InChI=1S/C16H35O5P/c1-3-5-6-7-8-9-10-11-12-13-15-20-22(18,19)21-16(17)14-4-2/h16-17H,3-15H2,1-2H3,(H,18,19). The Labute approximate surface area is 136 Å². The summed E-state index contributed by atoms with van der Waals surface area (Å²) < 4.78 is 21.0. The lowest BCUT2D eigenvalue weighted by Gasteiger charge is -2.15. The van der Waals surface area contributed by atoms with Gasteiger partial charge in [-0.25, -0.2) is 4.57 Å². The van der Waals surface area contributed by atoms with Crippen molar-refractivity contribution in [1.29, 1.82) is 0 Å². The molecule has 0 saturated heterocycles.